The van der Waals surface area contributed by atoms with Crippen LogP contribution >= 0.6 is 0 Å². The second-order valence-corrected chi connectivity index (χ2v) is 4.15. The SMILES string of the molecule is Cn1ccnc1CCC(N)c1cccc(F)c1. The summed E-state index contributed by atoms with van der Waals surface area (Å²) < 4.78 is 15.0. The van der Waals surface area contributed by atoms with Gasteiger partial charge in [0, 0.05) is 31.9 Å². The third kappa shape index (κ3) is 2.91. The molecule has 0 fully saturated rings. The van der Waals surface area contributed by atoms with Crippen LogP contribution in [0.3, 0.4) is 0 Å². The Morgan fingerprint density at radius 3 is 2.94 bits per heavy atom. The van der Waals surface area contributed by atoms with E-state index in [1.54, 1.807) is 12.3 Å². The first-order valence-corrected chi connectivity index (χ1v) is 5.64. The van der Waals surface area contributed by atoms with Crippen LogP contribution in [0.5, 0.6) is 0 Å². The van der Waals surface area contributed by atoms with Crippen LogP contribution in [0.1, 0.15) is 23.9 Å². The Balaban J connectivity index is 1.98. The highest BCUT2D eigenvalue weighted by atomic mass is 19.1. The monoisotopic (exact) mass is 233 g/mol. The minimum Gasteiger partial charge on any atom is -0.338 e. The number of hydrogen-bond acceptors (Lipinski definition) is 2. The van der Waals surface area contributed by atoms with Gasteiger partial charge in [0.05, 0.1) is 0 Å². The number of aryl methyl sites for hydroxylation is 2. The zero-order valence-electron chi connectivity index (χ0n) is 9.81. The molecule has 1 aromatic carbocycles. The van der Waals surface area contributed by atoms with E-state index in [0.717, 1.165) is 24.2 Å². The van der Waals surface area contributed by atoms with E-state index in [0.29, 0.717) is 0 Å². The minimum atomic E-state index is -0.241. The molecule has 17 heavy (non-hydrogen) atoms. The second kappa shape index (κ2) is 5.10. The lowest BCUT2D eigenvalue weighted by atomic mass is 10.0. The van der Waals surface area contributed by atoms with Gasteiger partial charge >= 0.3 is 0 Å². The molecule has 2 aromatic rings. The van der Waals surface area contributed by atoms with Gasteiger partial charge in [0.2, 0.25) is 0 Å². The summed E-state index contributed by atoms with van der Waals surface area (Å²) in [6, 6.07) is 6.30. The third-order valence-electron chi connectivity index (χ3n) is 2.88. The van der Waals surface area contributed by atoms with Crippen molar-refractivity contribution in [1.82, 2.24) is 9.55 Å². The van der Waals surface area contributed by atoms with Crippen molar-refractivity contribution < 1.29 is 4.39 Å². The predicted molar refractivity (Wildman–Crippen MR) is 64.9 cm³/mol. The Bertz CT molecular complexity index is 493. The van der Waals surface area contributed by atoms with Crippen LogP contribution in [-0.4, -0.2) is 9.55 Å². The molecule has 1 unspecified atom stereocenters. The quantitative estimate of drug-likeness (QED) is 0.879. The maximum atomic E-state index is 13.0. The van der Waals surface area contributed by atoms with E-state index in [2.05, 4.69) is 4.98 Å². The van der Waals surface area contributed by atoms with Crippen LogP contribution in [0, 0.1) is 5.82 Å². The largest absolute Gasteiger partial charge is 0.338 e. The number of nitrogens with two attached hydrogens (primary N) is 1. The standard InChI is InChI=1S/C13H16FN3/c1-17-8-7-16-13(17)6-5-12(15)10-3-2-4-11(14)9-10/h2-4,7-9,12H,5-6,15H2,1H3. The van der Waals surface area contributed by atoms with E-state index in [1.165, 1.54) is 12.1 Å². The van der Waals surface area contributed by atoms with Gasteiger partial charge in [-0.25, -0.2) is 9.37 Å². The average Bonchev–Trinajstić information content (AvgIpc) is 2.72. The molecule has 0 aliphatic rings. The summed E-state index contributed by atoms with van der Waals surface area (Å²) in [5.41, 5.74) is 6.86. The van der Waals surface area contributed by atoms with Gasteiger partial charge in [-0.05, 0) is 24.1 Å². The van der Waals surface area contributed by atoms with Crippen molar-refractivity contribution in [2.75, 3.05) is 0 Å². The predicted octanol–water partition coefficient (Wildman–Crippen LogP) is 2.19. The Morgan fingerprint density at radius 2 is 2.29 bits per heavy atom. The van der Waals surface area contributed by atoms with E-state index >= 15 is 0 Å². The lowest BCUT2D eigenvalue weighted by Gasteiger charge is -2.11. The molecular weight excluding hydrogens is 217 g/mol. The molecule has 3 nitrogen and oxygen atoms in total. The van der Waals surface area contributed by atoms with Crippen LogP contribution in [0.25, 0.3) is 0 Å². The van der Waals surface area contributed by atoms with Gasteiger partial charge in [0.25, 0.3) is 0 Å². The summed E-state index contributed by atoms with van der Waals surface area (Å²) in [5.74, 6) is 0.756. The van der Waals surface area contributed by atoms with Gasteiger partial charge in [-0.2, -0.15) is 0 Å². The molecular formula is C13H16FN3. The van der Waals surface area contributed by atoms with E-state index < -0.39 is 0 Å². The van der Waals surface area contributed by atoms with Gasteiger partial charge in [-0.1, -0.05) is 12.1 Å². The van der Waals surface area contributed by atoms with Crippen molar-refractivity contribution in [3.63, 3.8) is 0 Å². The minimum absolute atomic E-state index is 0.151. The van der Waals surface area contributed by atoms with Crippen LogP contribution in [-0.2, 0) is 13.5 Å². The molecule has 1 heterocycles. The summed E-state index contributed by atoms with van der Waals surface area (Å²) >= 11 is 0. The fourth-order valence-electron chi connectivity index (χ4n) is 1.83. The van der Waals surface area contributed by atoms with Gasteiger partial charge in [0.1, 0.15) is 11.6 Å². The lowest BCUT2D eigenvalue weighted by molar-refractivity contribution is 0.599. The number of rotatable bonds is 4. The summed E-state index contributed by atoms with van der Waals surface area (Å²) in [6.07, 6.45) is 5.22. The molecule has 0 amide bonds. The third-order valence-corrected chi connectivity index (χ3v) is 2.88. The summed E-state index contributed by atoms with van der Waals surface area (Å²) in [6.45, 7) is 0. The number of halogens is 1. The Kier molecular flexibility index (Phi) is 3.54. The Hall–Kier alpha value is -1.68. The summed E-state index contributed by atoms with van der Waals surface area (Å²) in [5, 5.41) is 0. The van der Waals surface area contributed by atoms with Crippen molar-refractivity contribution in [3.05, 3.63) is 53.9 Å². The molecule has 0 saturated carbocycles. The molecule has 2 rings (SSSR count). The molecule has 0 spiro atoms. The zero-order chi connectivity index (χ0) is 12.3. The zero-order valence-corrected chi connectivity index (χ0v) is 9.81. The first kappa shape index (κ1) is 11.8. The molecule has 0 radical (unpaired) electrons. The number of nitrogens with zero attached hydrogens (tertiary/aromatic N) is 2. The molecule has 1 atom stereocenters. The topological polar surface area (TPSA) is 43.8 Å². The van der Waals surface area contributed by atoms with Gasteiger partial charge in [-0.3, -0.25) is 0 Å². The highest BCUT2D eigenvalue weighted by molar-refractivity contribution is 5.19. The summed E-state index contributed by atoms with van der Waals surface area (Å²) in [4.78, 5) is 4.23. The van der Waals surface area contributed by atoms with Crippen molar-refractivity contribution in [2.24, 2.45) is 12.8 Å². The lowest BCUT2D eigenvalue weighted by Crippen LogP contribution is -2.12. The van der Waals surface area contributed by atoms with Crippen molar-refractivity contribution in [3.8, 4) is 0 Å². The van der Waals surface area contributed by atoms with E-state index in [-0.39, 0.29) is 11.9 Å². The molecule has 0 saturated heterocycles. The van der Waals surface area contributed by atoms with Crippen molar-refractivity contribution in [1.29, 1.82) is 0 Å². The van der Waals surface area contributed by atoms with Crippen LogP contribution < -0.4 is 5.73 Å². The Morgan fingerprint density at radius 1 is 1.47 bits per heavy atom. The molecule has 90 valence electrons. The molecule has 0 aliphatic heterocycles. The second-order valence-electron chi connectivity index (χ2n) is 4.15. The van der Waals surface area contributed by atoms with Crippen LogP contribution in [0.2, 0.25) is 0 Å². The molecule has 0 bridgehead atoms. The maximum Gasteiger partial charge on any atom is 0.123 e. The number of hydrogen-bond donors (Lipinski definition) is 1. The maximum absolute atomic E-state index is 13.0. The van der Waals surface area contributed by atoms with E-state index in [9.17, 15) is 4.39 Å². The number of imidazole rings is 1. The van der Waals surface area contributed by atoms with Crippen LogP contribution in [0.4, 0.5) is 4.39 Å². The molecule has 1 aromatic heterocycles. The van der Waals surface area contributed by atoms with Crippen molar-refractivity contribution in [2.45, 2.75) is 18.9 Å². The number of aromatic nitrogens is 2. The fourth-order valence-corrected chi connectivity index (χ4v) is 1.83. The highest BCUT2D eigenvalue weighted by Crippen LogP contribution is 2.16. The van der Waals surface area contributed by atoms with E-state index in [4.69, 9.17) is 5.73 Å². The average molecular weight is 233 g/mol. The first-order chi connectivity index (χ1) is 8.16. The first-order valence-electron chi connectivity index (χ1n) is 5.64. The van der Waals surface area contributed by atoms with Gasteiger partial charge in [0.15, 0.2) is 0 Å². The van der Waals surface area contributed by atoms with E-state index in [1.807, 2.05) is 23.9 Å². The van der Waals surface area contributed by atoms with Gasteiger partial charge < -0.3 is 10.3 Å². The normalized spacial score (nSPS) is 12.6. The van der Waals surface area contributed by atoms with Crippen molar-refractivity contribution >= 4 is 0 Å². The van der Waals surface area contributed by atoms with Crippen LogP contribution in [0.15, 0.2) is 36.7 Å². The summed E-state index contributed by atoms with van der Waals surface area (Å²) in [7, 11) is 1.95. The smallest absolute Gasteiger partial charge is 0.123 e. The molecule has 0 aliphatic carbocycles. The highest BCUT2D eigenvalue weighted by Gasteiger charge is 2.08. The molecule has 4 heteroatoms. The fraction of sp³-hybridized carbons (Fsp3) is 0.308. The molecule has 2 N–H and O–H groups in total. The Labute approximate surface area is 100 Å². The number of benzene rings is 1. The van der Waals surface area contributed by atoms with Gasteiger partial charge in [-0.15, -0.1) is 0 Å².